The number of alkyl halides is 1. The number of ether oxygens (including phenoxy) is 1. The van der Waals surface area contributed by atoms with E-state index in [2.05, 4.69) is 11.9 Å². The molecule has 0 aliphatic rings. The maximum atomic E-state index is 12.3. The molecule has 7 nitrogen and oxygen atoms in total. The van der Waals surface area contributed by atoms with Gasteiger partial charge in [-0.1, -0.05) is 13.5 Å². The van der Waals surface area contributed by atoms with Crippen LogP contribution in [0.2, 0.25) is 0 Å². The Bertz CT molecular complexity index is 433. The fourth-order valence-corrected chi connectivity index (χ4v) is 1.70. The zero-order valence-electron chi connectivity index (χ0n) is 13.3. The molecule has 0 heterocycles. The Morgan fingerprint density at radius 1 is 1.41 bits per heavy atom. The molecule has 0 saturated carbocycles. The van der Waals surface area contributed by atoms with Gasteiger partial charge in [0.25, 0.3) is 5.91 Å². The summed E-state index contributed by atoms with van der Waals surface area (Å²) in [6.07, 6.45) is 0.676. The van der Waals surface area contributed by atoms with E-state index in [4.69, 9.17) is 21.4 Å². The van der Waals surface area contributed by atoms with Crippen molar-refractivity contribution in [3.8, 4) is 0 Å². The van der Waals surface area contributed by atoms with Gasteiger partial charge in [0.1, 0.15) is 18.2 Å². The minimum absolute atomic E-state index is 0.395. The first kappa shape index (κ1) is 20.2. The number of hydrogen-bond acceptors (Lipinski definition) is 4. The van der Waals surface area contributed by atoms with Crippen LogP contribution in [0.15, 0.2) is 12.8 Å². The minimum Gasteiger partial charge on any atom is -0.480 e. The van der Waals surface area contributed by atoms with Gasteiger partial charge in [0.15, 0.2) is 0 Å². The van der Waals surface area contributed by atoms with Gasteiger partial charge in [-0.2, -0.15) is 0 Å². The minimum atomic E-state index is -1.20. The number of halogens is 1. The zero-order chi connectivity index (χ0) is 17.5. The molecule has 0 aliphatic carbocycles. The monoisotopic (exact) mass is 334 g/mol. The summed E-state index contributed by atoms with van der Waals surface area (Å²) in [4.78, 5) is 35.8. The highest BCUT2D eigenvalue weighted by Gasteiger charge is 2.32. The Morgan fingerprint density at radius 2 is 1.95 bits per heavy atom. The standard InChI is InChI=1S/C14H23ClN2O5/c1-6-9(15)11(16-13(21)22-14(3,4)5)12(20)17(7-2)8-10(18)19/h7,9,11H,2,6,8H2,1,3-5H3,(H,16,21)(H,18,19). The summed E-state index contributed by atoms with van der Waals surface area (Å²) in [6, 6.07) is -1.11. The topological polar surface area (TPSA) is 95.9 Å². The van der Waals surface area contributed by atoms with Crippen LogP contribution in [0.4, 0.5) is 4.79 Å². The number of rotatable bonds is 7. The summed E-state index contributed by atoms with van der Waals surface area (Å²) in [6.45, 7) is 9.62. The van der Waals surface area contributed by atoms with Crippen molar-refractivity contribution < 1.29 is 24.2 Å². The summed E-state index contributed by atoms with van der Waals surface area (Å²) in [7, 11) is 0. The van der Waals surface area contributed by atoms with Gasteiger partial charge in [0.05, 0.1) is 5.38 Å². The van der Waals surface area contributed by atoms with Gasteiger partial charge in [0, 0.05) is 6.20 Å². The fourth-order valence-electron chi connectivity index (χ4n) is 1.53. The molecule has 126 valence electrons. The number of aliphatic carboxylic acids is 1. The van der Waals surface area contributed by atoms with E-state index in [1.807, 2.05) is 0 Å². The molecule has 2 amide bonds. The number of alkyl carbamates (subject to hydrolysis) is 1. The number of nitrogens with zero attached hydrogens (tertiary/aromatic N) is 1. The highest BCUT2D eigenvalue weighted by atomic mass is 35.5. The maximum Gasteiger partial charge on any atom is 0.408 e. The van der Waals surface area contributed by atoms with Crippen molar-refractivity contribution in [1.29, 1.82) is 0 Å². The second-order valence-corrected chi connectivity index (χ2v) is 6.15. The molecule has 0 spiro atoms. The van der Waals surface area contributed by atoms with Gasteiger partial charge in [-0.25, -0.2) is 4.79 Å². The number of amides is 2. The third-order valence-electron chi connectivity index (χ3n) is 2.50. The second-order valence-electron chi connectivity index (χ2n) is 5.59. The molecular weight excluding hydrogens is 312 g/mol. The number of carbonyl (C=O) groups excluding carboxylic acids is 2. The molecule has 0 bridgehead atoms. The van der Waals surface area contributed by atoms with Crippen molar-refractivity contribution >= 4 is 29.6 Å². The first-order chi connectivity index (χ1) is 10.0. The Balaban J connectivity index is 5.11. The molecule has 0 aromatic carbocycles. The number of carboxylic acid groups (broad SMARTS) is 1. The van der Waals surface area contributed by atoms with E-state index >= 15 is 0 Å². The first-order valence-electron chi connectivity index (χ1n) is 6.80. The van der Waals surface area contributed by atoms with E-state index < -0.39 is 41.5 Å². The summed E-state index contributed by atoms with van der Waals surface area (Å²) in [5.41, 5.74) is -0.731. The molecule has 8 heteroatoms. The molecule has 0 aliphatic heterocycles. The van der Waals surface area contributed by atoms with Crippen LogP contribution >= 0.6 is 11.6 Å². The Kier molecular flexibility index (Phi) is 7.94. The van der Waals surface area contributed by atoms with Crippen molar-refractivity contribution in [3.63, 3.8) is 0 Å². The molecule has 2 unspecified atom stereocenters. The number of hydrogen-bond donors (Lipinski definition) is 2. The predicted molar refractivity (Wildman–Crippen MR) is 82.6 cm³/mol. The smallest absolute Gasteiger partial charge is 0.408 e. The fraction of sp³-hybridized carbons (Fsp3) is 0.643. The van der Waals surface area contributed by atoms with Gasteiger partial charge < -0.3 is 20.1 Å². The predicted octanol–water partition coefficient (Wildman–Crippen LogP) is 1.95. The Morgan fingerprint density at radius 3 is 2.32 bits per heavy atom. The lowest BCUT2D eigenvalue weighted by Crippen LogP contribution is -2.53. The zero-order valence-corrected chi connectivity index (χ0v) is 14.0. The van der Waals surface area contributed by atoms with Crippen molar-refractivity contribution in [1.82, 2.24) is 10.2 Å². The number of carbonyl (C=O) groups is 3. The summed E-state index contributed by atoms with van der Waals surface area (Å²) >= 11 is 6.08. The van der Waals surface area contributed by atoms with Crippen LogP contribution in [0, 0.1) is 0 Å². The van der Waals surface area contributed by atoms with E-state index in [0.717, 1.165) is 11.1 Å². The van der Waals surface area contributed by atoms with Crippen LogP contribution in [0.3, 0.4) is 0 Å². The maximum absolute atomic E-state index is 12.3. The van der Waals surface area contributed by atoms with Gasteiger partial charge in [-0.15, -0.1) is 11.6 Å². The quantitative estimate of drug-likeness (QED) is 0.694. The lowest BCUT2D eigenvalue weighted by molar-refractivity contribution is -0.143. The van der Waals surface area contributed by atoms with Crippen molar-refractivity contribution in [2.24, 2.45) is 0 Å². The second kappa shape index (κ2) is 8.63. The van der Waals surface area contributed by atoms with E-state index in [-0.39, 0.29) is 0 Å². The number of carboxylic acids is 1. The normalized spacial score (nSPS) is 13.7. The average Bonchev–Trinajstić information content (AvgIpc) is 2.38. The van der Waals surface area contributed by atoms with Crippen molar-refractivity contribution in [2.45, 2.75) is 51.1 Å². The molecule has 0 saturated heterocycles. The van der Waals surface area contributed by atoms with E-state index in [1.54, 1.807) is 27.7 Å². The lowest BCUT2D eigenvalue weighted by atomic mass is 10.1. The van der Waals surface area contributed by atoms with Crippen molar-refractivity contribution in [3.05, 3.63) is 12.8 Å². The van der Waals surface area contributed by atoms with E-state index in [0.29, 0.717) is 6.42 Å². The Labute approximate surface area is 135 Å². The van der Waals surface area contributed by atoms with Crippen LogP contribution in [-0.4, -0.2) is 51.5 Å². The third-order valence-corrected chi connectivity index (χ3v) is 3.06. The molecule has 0 rings (SSSR count). The SMILES string of the molecule is C=CN(CC(=O)O)C(=O)C(NC(=O)OC(C)(C)C)C(Cl)CC. The molecule has 2 N–H and O–H groups in total. The van der Waals surface area contributed by atoms with Gasteiger partial charge in [0.2, 0.25) is 0 Å². The summed E-state index contributed by atoms with van der Waals surface area (Å²) < 4.78 is 5.09. The molecule has 0 aromatic rings. The highest BCUT2D eigenvalue weighted by Crippen LogP contribution is 2.13. The van der Waals surface area contributed by atoms with Crippen LogP contribution in [-0.2, 0) is 14.3 Å². The average molecular weight is 335 g/mol. The summed E-state index contributed by atoms with van der Waals surface area (Å²) in [5, 5.41) is 10.5. The van der Waals surface area contributed by atoms with Gasteiger partial charge >= 0.3 is 12.1 Å². The van der Waals surface area contributed by atoms with Crippen LogP contribution in [0.25, 0.3) is 0 Å². The number of nitrogens with one attached hydrogen (secondary N) is 1. The van der Waals surface area contributed by atoms with Crippen molar-refractivity contribution in [2.75, 3.05) is 6.54 Å². The van der Waals surface area contributed by atoms with Crippen LogP contribution < -0.4 is 5.32 Å². The molecule has 2 atom stereocenters. The van der Waals surface area contributed by atoms with E-state index in [1.165, 1.54) is 0 Å². The molecular formula is C14H23ClN2O5. The van der Waals surface area contributed by atoms with E-state index in [9.17, 15) is 14.4 Å². The summed E-state index contributed by atoms with van der Waals surface area (Å²) in [5.74, 6) is -1.86. The first-order valence-corrected chi connectivity index (χ1v) is 7.23. The molecule has 0 radical (unpaired) electrons. The largest absolute Gasteiger partial charge is 0.480 e. The van der Waals surface area contributed by atoms with Crippen LogP contribution in [0.1, 0.15) is 34.1 Å². The molecule has 0 aromatic heterocycles. The molecule has 0 fully saturated rings. The highest BCUT2D eigenvalue weighted by molar-refractivity contribution is 6.23. The van der Waals surface area contributed by atoms with Gasteiger partial charge in [-0.3, -0.25) is 9.59 Å². The molecule has 22 heavy (non-hydrogen) atoms. The Hall–Kier alpha value is -1.76. The lowest BCUT2D eigenvalue weighted by Gasteiger charge is -2.28. The van der Waals surface area contributed by atoms with Crippen LogP contribution in [0.5, 0.6) is 0 Å². The third kappa shape index (κ3) is 7.31. The van der Waals surface area contributed by atoms with Gasteiger partial charge in [-0.05, 0) is 27.2 Å².